The van der Waals surface area contributed by atoms with Gasteiger partial charge >= 0.3 is 0 Å². The van der Waals surface area contributed by atoms with Crippen LogP contribution in [0, 0.1) is 5.92 Å². The van der Waals surface area contributed by atoms with E-state index in [1.165, 1.54) is 4.80 Å². The SMILES string of the molecule is COc1ccc(S(=O)(=O)N2CCC[C@H](Cn3nnc(-c4ccccn4)n3)C2)cc1. The van der Waals surface area contributed by atoms with Crippen LogP contribution in [0.5, 0.6) is 5.75 Å². The Hall–Kier alpha value is -2.85. The molecule has 0 saturated carbocycles. The molecule has 9 nitrogen and oxygen atoms in total. The van der Waals surface area contributed by atoms with Crippen molar-refractivity contribution in [1.29, 1.82) is 0 Å². The summed E-state index contributed by atoms with van der Waals surface area (Å²) in [6.45, 7) is 1.44. The first kappa shape index (κ1) is 19.5. The summed E-state index contributed by atoms with van der Waals surface area (Å²) >= 11 is 0. The molecule has 0 bridgehead atoms. The summed E-state index contributed by atoms with van der Waals surface area (Å²) in [5.41, 5.74) is 0.658. The molecule has 1 aromatic carbocycles. The molecule has 3 aromatic rings. The van der Waals surface area contributed by atoms with Crippen LogP contribution in [0.3, 0.4) is 0 Å². The van der Waals surface area contributed by atoms with E-state index >= 15 is 0 Å². The number of tetrazole rings is 1. The second-order valence-corrected chi connectivity index (χ2v) is 8.87. The Morgan fingerprint density at radius 2 is 2.00 bits per heavy atom. The number of rotatable bonds is 6. The molecule has 1 aliphatic rings. The van der Waals surface area contributed by atoms with Gasteiger partial charge in [-0.25, -0.2) is 8.42 Å². The van der Waals surface area contributed by atoms with Gasteiger partial charge in [0.05, 0.1) is 18.6 Å². The van der Waals surface area contributed by atoms with Crippen LogP contribution in [0.4, 0.5) is 0 Å². The number of ether oxygens (including phenoxy) is 1. The molecule has 1 saturated heterocycles. The highest BCUT2D eigenvalue weighted by Crippen LogP contribution is 2.25. The second kappa shape index (κ2) is 8.26. The van der Waals surface area contributed by atoms with Crippen LogP contribution in [0.25, 0.3) is 11.5 Å². The van der Waals surface area contributed by atoms with Crippen LogP contribution < -0.4 is 4.74 Å². The molecule has 152 valence electrons. The molecule has 1 aliphatic heterocycles. The molecule has 0 unspecified atom stereocenters. The van der Waals surface area contributed by atoms with E-state index in [2.05, 4.69) is 20.4 Å². The van der Waals surface area contributed by atoms with E-state index in [0.29, 0.717) is 36.9 Å². The molecule has 0 radical (unpaired) electrons. The highest BCUT2D eigenvalue weighted by Gasteiger charge is 2.30. The van der Waals surface area contributed by atoms with Crippen molar-refractivity contribution in [2.45, 2.75) is 24.3 Å². The molecule has 29 heavy (non-hydrogen) atoms. The van der Waals surface area contributed by atoms with Gasteiger partial charge in [-0.15, -0.1) is 10.2 Å². The number of nitrogens with zero attached hydrogens (tertiary/aromatic N) is 6. The quantitative estimate of drug-likeness (QED) is 0.606. The summed E-state index contributed by atoms with van der Waals surface area (Å²) in [5.74, 6) is 1.20. The van der Waals surface area contributed by atoms with E-state index in [9.17, 15) is 8.42 Å². The fourth-order valence-corrected chi connectivity index (χ4v) is 4.99. The molecule has 0 spiro atoms. The van der Waals surface area contributed by atoms with Crippen LogP contribution in [0.2, 0.25) is 0 Å². The average molecular weight is 414 g/mol. The van der Waals surface area contributed by atoms with Gasteiger partial charge < -0.3 is 4.74 Å². The Bertz CT molecular complexity index is 1050. The zero-order valence-corrected chi connectivity index (χ0v) is 16.9. The molecule has 10 heteroatoms. The van der Waals surface area contributed by atoms with Crippen LogP contribution >= 0.6 is 0 Å². The number of piperidine rings is 1. The smallest absolute Gasteiger partial charge is 0.243 e. The average Bonchev–Trinajstić information content (AvgIpc) is 3.23. The third-order valence-corrected chi connectivity index (χ3v) is 6.83. The van der Waals surface area contributed by atoms with Crippen molar-refractivity contribution in [3.05, 3.63) is 48.7 Å². The Labute approximate surface area is 169 Å². The summed E-state index contributed by atoms with van der Waals surface area (Å²) in [5, 5.41) is 12.6. The topological polar surface area (TPSA) is 103 Å². The molecule has 0 aliphatic carbocycles. The largest absolute Gasteiger partial charge is 0.497 e. The van der Waals surface area contributed by atoms with E-state index < -0.39 is 10.0 Å². The van der Waals surface area contributed by atoms with Crippen LogP contribution in [0.15, 0.2) is 53.6 Å². The van der Waals surface area contributed by atoms with E-state index in [-0.39, 0.29) is 10.8 Å². The van der Waals surface area contributed by atoms with E-state index in [0.717, 1.165) is 12.8 Å². The maximum absolute atomic E-state index is 13.0. The van der Waals surface area contributed by atoms with Gasteiger partial charge in [0.2, 0.25) is 15.8 Å². The van der Waals surface area contributed by atoms with Gasteiger partial charge in [0.25, 0.3) is 0 Å². The minimum Gasteiger partial charge on any atom is -0.497 e. The number of methoxy groups -OCH3 is 1. The van der Waals surface area contributed by atoms with Crippen molar-refractivity contribution in [1.82, 2.24) is 29.5 Å². The van der Waals surface area contributed by atoms with Gasteiger partial charge in [-0.3, -0.25) is 4.98 Å². The molecule has 3 heterocycles. The normalized spacial score (nSPS) is 17.9. The number of pyridine rings is 1. The van der Waals surface area contributed by atoms with Gasteiger partial charge in [-0.1, -0.05) is 6.07 Å². The van der Waals surface area contributed by atoms with Crippen molar-refractivity contribution in [3.8, 4) is 17.3 Å². The predicted molar refractivity (Wildman–Crippen MR) is 106 cm³/mol. The number of hydrogen-bond acceptors (Lipinski definition) is 7. The minimum atomic E-state index is -3.55. The molecule has 0 amide bonds. The van der Waals surface area contributed by atoms with Crippen molar-refractivity contribution in [2.75, 3.05) is 20.2 Å². The summed E-state index contributed by atoms with van der Waals surface area (Å²) in [6, 6.07) is 12.0. The maximum atomic E-state index is 13.0. The summed E-state index contributed by atoms with van der Waals surface area (Å²) in [4.78, 5) is 6.02. The Morgan fingerprint density at radius 1 is 1.17 bits per heavy atom. The maximum Gasteiger partial charge on any atom is 0.243 e. The van der Waals surface area contributed by atoms with Crippen LogP contribution in [-0.2, 0) is 16.6 Å². The number of aromatic nitrogens is 5. The highest BCUT2D eigenvalue weighted by atomic mass is 32.2. The fourth-order valence-electron chi connectivity index (χ4n) is 3.44. The molecular formula is C19H22N6O3S. The first-order chi connectivity index (χ1) is 14.1. The lowest BCUT2D eigenvalue weighted by Crippen LogP contribution is -2.41. The van der Waals surface area contributed by atoms with E-state index in [1.807, 2.05) is 18.2 Å². The molecule has 1 fully saturated rings. The summed E-state index contributed by atoms with van der Waals surface area (Å²) in [6.07, 6.45) is 3.38. The Kier molecular flexibility index (Phi) is 5.54. The predicted octanol–water partition coefficient (Wildman–Crippen LogP) is 1.84. The van der Waals surface area contributed by atoms with Crippen LogP contribution in [0.1, 0.15) is 12.8 Å². The molecule has 2 aromatic heterocycles. The molecule has 4 rings (SSSR count). The second-order valence-electron chi connectivity index (χ2n) is 6.93. The lowest BCUT2D eigenvalue weighted by Gasteiger charge is -2.31. The van der Waals surface area contributed by atoms with Crippen molar-refractivity contribution < 1.29 is 13.2 Å². The highest BCUT2D eigenvalue weighted by molar-refractivity contribution is 7.89. The van der Waals surface area contributed by atoms with Gasteiger partial charge in [-0.2, -0.15) is 9.10 Å². The standard InChI is InChI=1S/C19H22N6O3S/c1-28-16-7-9-17(10-8-16)29(26,27)24-12-4-5-15(13-24)14-25-22-19(21-23-25)18-6-2-3-11-20-18/h2-3,6-11,15H,4-5,12-14H2,1H3/t15-/m0/s1. The van der Waals surface area contributed by atoms with Crippen molar-refractivity contribution >= 4 is 10.0 Å². The molecule has 1 atom stereocenters. The van der Waals surface area contributed by atoms with Crippen molar-refractivity contribution in [2.24, 2.45) is 5.92 Å². The zero-order valence-electron chi connectivity index (χ0n) is 16.0. The van der Waals surface area contributed by atoms with E-state index in [4.69, 9.17) is 4.74 Å². The summed E-state index contributed by atoms with van der Waals surface area (Å²) < 4.78 is 32.7. The minimum absolute atomic E-state index is 0.113. The third-order valence-electron chi connectivity index (χ3n) is 4.95. The number of sulfonamides is 1. The Morgan fingerprint density at radius 3 is 2.72 bits per heavy atom. The number of hydrogen-bond donors (Lipinski definition) is 0. The first-order valence-corrected chi connectivity index (χ1v) is 10.8. The fraction of sp³-hybridized carbons (Fsp3) is 0.368. The number of benzene rings is 1. The van der Waals surface area contributed by atoms with Gasteiger partial charge in [0, 0.05) is 19.3 Å². The lowest BCUT2D eigenvalue weighted by molar-refractivity contribution is 0.231. The third kappa shape index (κ3) is 4.28. The van der Waals surface area contributed by atoms with Crippen LogP contribution in [-0.4, -0.2) is 58.1 Å². The lowest BCUT2D eigenvalue weighted by atomic mass is 10.00. The Balaban J connectivity index is 1.45. The van der Waals surface area contributed by atoms with E-state index in [1.54, 1.807) is 41.9 Å². The zero-order chi connectivity index (χ0) is 20.3. The molecule has 0 N–H and O–H groups in total. The van der Waals surface area contributed by atoms with Gasteiger partial charge in [0.15, 0.2) is 0 Å². The summed E-state index contributed by atoms with van der Waals surface area (Å²) in [7, 11) is -2.00. The first-order valence-electron chi connectivity index (χ1n) is 9.39. The van der Waals surface area contributed by atoms with Gasteiger partial charge in [-0.05, 0) is 60.4 Å². The molecular weight excluding hydrogens is 392 g/mol. The monoisotopic (exact) mass is 414 g/mol. The van der Waals surface area contributed by atoms with Gasteiger partial charge in [0.1, 0.15) is 11.4 Å². The van der Waals surface area contributed by atoms with Crippen molar-refractivity contribution in [3.63, 3.8) is 0 Å².